The van der Waals surface area contributed by atoms with E-state index in [-0.39, 0.29) is 21.1 Å². The topological polar surface area (TPSA) is 37.8 Å². The van der Waals surface area contributed by atoms with Crippen LogP contribution >= 0.6 is 27.5 Å². The van der Waals surface area contributed by atoms with Crippen LogP contribution < -0.4 is 5.32 Å². The molecule has 0 atom stereocenters. The van der Waals surface area contributed by atoms with Crippen molar-refractivity contribution in [3.63, 3.8) is 0 Å². The van der Waals surface area contributed by atoms with Crippen molar-refractivity contribution in [3.8, 4) is 0 Å². The summed E-state index contributed by atoms with van der Waals surface area (Å²) in [7, 11) is 0. The molecular weight excluding hydrogens is 346 g/mol. The fourth-order valence-electron chi connectivity index (χ4n) is 1.36. The van der Waals surface area contributed by atoms with Crippen LogP contribution in [-0.2, 0) is 6.18 Å². The zero-order valence-electron chi connectivity index (χ0n) is 9.17. The van der Waals surface area contributed by atoms with E-state index in [4.69, 9.17) is 11.6 Å². The van der Waals surface area contributed by atoms with Crippen molar-refractivity contribution in [1.29, 1.82) is 0 Å². The third kappa shape index (κ3) is 3.36. The van der Waals surface area contributed by atoms with Crippen LogP contribution in [0.25, 0.3) is 0 Å². The molecule has 1 heterocycles. The largest absolute Gasteiger partial charge is 0.417 e. The lowest BCUT2D eigenvalue weighted by Crippen LogP contribution is -2.07. The molecule has 8 heteroatoms. The van der Waals surface area contributed by atoms with Crippen molar-refractivity contribution in [2.75, 3.05) is 5.32 Å². The van der Waals surface area contributed by atoms with Gasteiger partial charge in [0.05, 0.1) is 5.56 Å². The number of nitrogens with one attached hydrogen (secondary N) is 1. The minimum Gasteiger partial charge on any atom is -0.338 e. The van der Waals surface area contributed by atoms with Gasteiger partial charge in [0, 0.05) is 22.6 Å². The molecular formula is C11H6BrClF3N3. The Hall–Kier alpha value is -1.34. The van der Waals surface area contributed by atoms with Gasteiger partial charge in [-0.2, -0.15) is 13.2 Å². The summed E-state index contributed by atoms with van der Waals surface area (Å²) in [6, 6.07) is 3.74. The molecule has 0 fully saturated rings. The Bertz CT molecular complexity index is 604. The van der Waals surface area contributed by atoms with Crippen molar-refractivity contribution < 1.29 is 13.2 Å². The number of hydrogen-bond donors (Lipinski definition) is 1. The fraction of sp³-hybridized carbons (Fsp3) is 0.0909. The van der Waals surface area contributed by atoms with E-state index in [0.717, 1.165) is 6.07 Å². The van der Waals surface area contributed by atoms with Gasteiger partial charge >= 0.3 is 6.18 Å². The number of halogens is 5. The summed E-state index contributed by atoms with van der Waals surface area (Å²) in [5.74, 6) is 0.194. The van der Waals surface area contributed by atoms with E-state index >= 15 is 0 Å². The van der Waals surface area contributed by atoms with E-state index in [1.165, 1.54) is 24.5 Å². The van der Waals surface area contributed by atoms with Crippen molar-refractivity contribution >= 4 is 39.0 Å². The Kier molecular flexibility index (Phi) is 3.96. The van der Waals surface area contributed by atoms with E-state index in [1.54, 1.807) is 0 Å². The van der Waals surface area contributed by atoms with Crippen LogP contribution in [0.4, 0.5) is 24.7 Å². The van der Waals surface area contributed by atoms with Gasteiger partial charge in [-0.1, -0.05) is 27.5 Å². The Balaban J connectivity index is 2.35. The van der Waals surface area contributed by atoms with Crippen molar-refractivity contribution in [2.24, 2.45) is 0 Å². The molecule has 1 aromatic heterocycles. The second-order valence-electron chi connectivity index (χ2n) is 3.51. The van der Waals surface area contributed by atoms with Gasteiger partial charge in [-0.3, -0.25) is 0 Å². The van der Waals surface area contributed by atoms with E-state index in [0.29, 0.717) is 0 Å². The smallest absolute Gasteiger partial charge is 0.338 e. The Morgan fingerprint density at radius 1 is 1.16 bits per heavy atom. The van der Waals surface area contributed by atoms with Gasteiger partial charge in [-0.05, 0) is 18.2 Å². The average Bonchev–Trinajstić information content (AvgIpc) is 2.33. The summed E-state index contributed by atoms with van der Waals surface area (Å²) in [5, 5.41) is 2.77. The van der Waals surface area contributed by atoms with Gasteiger partial charge in [-0.15, -0.1) is 0 Å². The molecule has 0 aliphatic heterocycles. The van der Waals surface area contributed by atoms with Gasteiger partial charge in [0.2, 0.25) is 0 Å². The lowest BCUT2D eigenvalue weighted by molar-refractivity contribution is -0.138. The van der Waals surface area contributed by atoms with Crippen LogP contribution in [0.1, 0.15) is 5.56 Å². The third-order valence-corrected chi connectivity index (χ3v) is 3.16. The molecule has 0 spiro atoms. The first-order valence-corrected chi connectivity index (χ1v) is 6.15. The molecule has 0 aliphatic rings. The highest BCUT2D eigenvalue weighted by Gasteiger charge is 2.33. The molecule has 0 unspecified atom stereocenters. The monoisotopic (exact) mass is 351 g/mol. The van der Waals surface area contributed by atoms with Gasteiger partial charge in [-0.25, -0.2) is 9.97 Å². The van der Waals surface area contributed by atoms with Crippen LogP contribution in [0.3, 0.4) is 0 Å². The predicted octanol–water partition coefficient (Wildman–Crippen LogP) is 4.65. The second-order valence-corrected chi connectivity index (χ2v) is 4.73. The van der Waals surface area contributed by atoms with Crippen molar-refractivity contribution in [3.05, 3.63) is 45.8 Å². The molecule has 19 heavy (non-hydrogen) atoms. The molecule has 0 bridgehead atoms. The number of hydrogen-bond acceptors (Lipinski definition) is 3. The van der Waals surface area contributed by atoms with Crippen LogP contribution in [0.5, 0.6) is 0 Å². The SMILES string of the molecule is FC(F)(F)c1cc(Nc2nccnc2Cl)ccc1Br. The molecule has 2 rings (SSSR count). The number of anilines is 2. The molecule has 0 saturated heterocycles. The van der Waals surface area contributed by atoms with Gasteiger partial charge < -0.3 is 5.32 Å². The summed E-state index contributed by atoms with van der Waals surface area (Å²) < 4.78 is 38.2. The van der Waals surface area contributed by atoms with Crippen molar-refractivity contribution in [1.82, 2.24) is 9.97 Å². The van der Waals surface area contributed by atoms with Crippen LogP contribution in [0.15, 0.2) is 35.1 Å². The molecule has 1 aromatic carbocycles. The van der Waals surface area contributed by atoms with Crippen molar-refractivity contribution in [2.45, 2.75) is 6.18 Å². The predicted molar refractivity (Wildman–Crippen MR) is 69.5 cm³/mol. The van der Waals surface area contributed by atoms with E-state index in [1.807, 2.05) is 0 Å². The number of alkyl halides is 3. The van der Waals surface area contributed by atoms with Crippen LogP contribution in [-0.4, -0.2) is 9.97 Å². The third-order valence-electron chi connectivity index (χ3n) is 2.19. The highest BCUT2D eigenvalue weighted by Crippen LogP contribution is 2.37. The highest BCUT2D eigenvalue weighted by atomic mass is 79.9. The number of benzene rings is 1. The number of nitrogens with zero attached hydrogens (tertiary/aromatic N) is 2. The first-order chi connectivity index (χ1) is 8.88. The average molecular weight is 353 g/mol. The molecule has 3 nitrogen and oxygen atoms in total. The lowest BCUT2D eigenvalue weighted by Gasteiger charge is -2.12. The molecule has 100 valence electrons. The van der Waals surface area contributed by atoms with E-state index in [9.17, 15) is 13.2 Å². The maximum absolute atomic E-state index is 12.7. The zero-order valence-corrected chi connectivity index (χ0v) is 11.5. The molecule has 2 aromatic rings. The summed E-state index contributed by atoms with van der Waals surface area (Å²) >= 11 is 8.63. The Morgan fingerprint density at radius 3 is 2.47 bits per heavy atom. The van der Waals surface area contributed by atoms with E-state index < -0.39 is 11.7 Å². The van der Waals surface area contributed by atoms with Crippen LogP contribution in [0.2, 0.25) is 5.15 Å². The fourth-order valence-corrected chi connectivity index (χ4v) is 1.99. The summed E-state index contributed by atoms with van der Waals surface area (Å²) in [4.78, 5) is 7.66. The van der Waals surface area contributed by atoms with E-state index in [2.05, 4.69) is 31.2 Å². The molecule has 0 amide bonds. The van der Waals surface area contributed by atoms with Crippen LogP contribution in [0, 0.1) is 0 Å². The summed E-state index contributed by atoms with van der Waals surface area (Å²) in [6.45, 7) is 0. The zero-order chi connectivity index (χ0) is 14.0. The quantitative estimate of drug-likeness (QED) is 0.854. The molecule has 1 N–H and O–H groups in total. The second kappa shape index (κ2) is 5.34. The lowest BCUT2D eigenvalue weighted by atomic mass is 10.2. The standard InChI is InChI=1S/C11H6BrClF3N3/c12-8-2-1-6(5-7(8)11(14,15)16)19-10-9(13)17-3-4-18-10/h1-5H,(H,18,19). The maximum atomic E-state index is 12.7. The molecule has 0 radical (unpaired) electrons. The minimum atomic E-state index is -4.44. The Morgan fingerprint density at radius 2 is 1.84 bits per heavy atom. The molecule has 0 aliphatic carbocycles. The Labute approximate surface area is 120 Å². The molecule has 0 saturated carbocycles. The number of rotatable bonds is 2. The minimum absolute atomic E-state index is 0.0317. The van der Waals surface area contributed by atoms with Gasteiger partial charge in [0.15, 0.2) is 11.0 Å². The van der Waals surface area contributed by atoms with Gasteiger partial charge in [0.1, 0.15) is 0 Å². The maximum Gasteiger partial charge on any atom is 0.417 e. The number of aromatic nitrogens is 2. The summed E-state index contributed by atoms with van der Waals surface area (Å²) in [5.41, 5.74) is -0.560. The summed E-state index contributed by atoms with van der Waals surface area (Å²) in [6.07, 6.45) is -1.67. The van der Waals surface area contributed by atoms with Gasteiger partial charge in [0.25, 0.3) is 0 Å². The first-order valence-electron chi connectivity index (χ1n) is 4.98. The highest BCUT2D eigenvalue weighted by molar-refractivity contribution is 9.10. The normalized spacial score (nSPS) is 11.4. The first kappa shape index (κ1) is 14.1.